The van der Waals surface area contributed by atoms with Gasteiger partial charge in [0.2, 0.25) is 0 Å². The fraction of sp³-hybridized carbons (Fsp3) is 0.417. The first-order valence-electron chi connectivity index (χ1n) is 5.41. The van der Waals surface area contributed by atoms with Crippen LogP contribution in [0.2, 0.25) is 0 Å². The maximum Gasteiger partial charge on any atom is 0.265 e. The van der Waals surface area contributed by atoms with E-state index in [2.05, 4.69) is 5.32 Å². The van der Waals surface area contributed by atoms with Gasteiger partial charge in [-0.3, -0.25) is 9.69 Å². The van der Waals surface area contributed by atoms with Crippen molar-refractivity contribution >= 4 is 23.2 Å². The second-order valence-corrected chi connectivity index (χ2v) is 4.72. The Morgan fingerprint density at radius 1 is 1.47 bits per heavy atom. The number of halogens is 1. The summed E-state index contributed by atoms with van der Waals surface area (Å²) >= 11 is 6.22. The van der Waals surface area contributed by atoms with Gasteiger partial charge in [-0.1, -0.05) is 6.07 Å². The first-order valence-corrected chi connectivity index (χ1v) is 5.84. The third-order valence-electron chi connectivity index (χ3n) is 2.66. The number of rotatable bonds is 2. The minimum absolute atomic E-state index is 0.134. The van der Waals surface area contributed by atoms with E-state index in [0.717, 1.165) is 5.56 Å². The van der Waals surface area contributed by atoms with Crippen molar-refractivity contribution in [3.63, 3.8) is 0 Å². The Balaban J connectivity index is 2.32. The standard InChI is InChI=1S/C12H15ClN2O2/c1-7-12(16)14-9-6-8(11(13)15(2)3)4-5-10(9)17-7/h4-7,11H,1-3H3,(H,14,16). The molecule has 1 aliphatic heterocycles. The monoisotopic (exact) mass is 254 g/mol. The summed E-state index contributed by atoms with van der Waals surface area (Å²) in [5.41, 5.74) is 1.38. The SMILES string of the molecule is CC1Oc2ccc(C(Cl)N(C)C)cc2NC1=O. The van der Waals surface area contributed by atoms with Gasteiger partial charge in [0.1, 0.15) is 11.3 Å². The molecule has 5 heteroatoms. The number of fused-ring (bicyclic) bond motifs is 1. The van der Waals surface area contributed by atoms with Gasteiger partial charge in [0, 0.05) is 0 Å². The van der Waals surface area contributed by atoms with Gasteiger partial charge in [-0.05, 0) is 38.7 Å². The summed E-state index contributed by atoms with van der Waals surface area (Å²) in [5, 5.41) is 2.80. The number of benzene rings is 1. The molecular formula is C12H15ClN2O2. The first-order chi connectivity index (χ1) is 7.99. The third-order valence-corrected chi connectivity index (χ3v) is 3.31. The van der Waals surface area contributed by atoms with Crippen molar-refractivity contribution in [1.82, 2.24) is 4.90 Å². The van der Waals surface area contributed by atoms with Gasteiger partial charge in [-0.25, -0.2) is 0 Å². The molecule has 1 heterocycles. The normalized spacial score (nSPS) is 20.5. The molecule has 4 nitrogen and oxygen atoms in total. The van der Waals surface area contributed by atoms with Gasteiger partial charge < -0.3 is 10.1 Å². The number of hydrogen-bond donors (Lipinski definition) is 1. The Morgan fingerprint density at radius 3 is 2.82 bits per heavy atom. The van der Waals surface area contributed by atoms with E-state index in [1.807, 2.05) is 37.2 Å². The van der Waals surface area contributed by atoms with Crippen LogP contribution in [0.5, 0.6) is 5.75 Å². The van der Waals surface area contributed by atoms with Crippen molar-refractivity contribution in [2.45, 2.75) is 18.5 Å². The average Bonchev–Trinajstić information content (AvgIpc) is 2.29. The van der Waals surface area contributed by atoms with Crippen LogP contribution >= 0.6 is 11.6 Å². The minimum Gasteiger partial charge on any atom is -0.479 e. The average molecular weight is 255 g/mol. The molecule has 92 valence electrons. The highest BCUT2D eigenvalue weighted by Crippen LogP contribution is 2.34. The molecule has 1 aromatic rings. The number of ether oxygens (including phenoxy) is 1. The molecule has 17 heavy (non-hydrogen) atoms. The highest BCUT2D eigenvalue weighted by Gasteiger charge is 2.24. The quantitative estimate of drug-likeness (QED) is 0.650. The van der Waals surface area contributed by atoms with Gasteiger partial charge >= 0.3 is 0 Å². The summed E-state index contributed by atoms with van der Waals surface area (Å²) in [4.78, 5) is 13.4. The van der Waals surface area contributed by atoms with Gasteiger partial charge in [0.15, 0.2) is 6.10 Å². The van der Waals surface area contributed by atoms with Crippen molar-refractivity contribution < 1.29 is 9.53 Å². The van der Waals surface area contributed by atoms with Crippen molar-refractivity contribution in [3.8, 4) is 5.75 Å². The van der Waals surface area contributed by atoms with E-state index in [0.29, 0.717) is 11.4 Å². The van der Waals surface area contributed by atoms with Gasteiger partial charge in [0.05, 0.1) is 5.69 Å². The zero-order chi connectivity index (χ0) is 12.6. The van der Waals surface area contributed by atoms with Gasteiger partial charge in [0.25, 0.3) is 5.91 Å². The lowest BCUT2D eigenvalue weighted by molar-refractivity contribution is -0.122. The Hall–Kier alpha value is -1.26. The van der Waals surface area contributed by atoms with Crippen LogP contribution in [0.15, 0.2) is 18.2 Å². The van der Waals surface area contributed by atoms with E-state index in [9.17, 15) is 4.79 Å². The molecule has 0 bridgehead atoms. The number of amides is 1. The van der Waals surface area contributed by atoms with Crippen molar-refractivity contribution in [2.75, 3.05) is 19.4 Å². The molecule has 0 spiro atoms. The predicted octanol–water partition coefficient (Wildman–Crippen LogP) is 2.20. The maximum atomic E-state index is 11.5. The number of carbonyl (C=O) groups excluding carboxylic acids is 1. The number of nitrogens with one attached hydrogen (secondary N) is 1. The minimum atomic E-state index is -0.450. The molecule has 2 rings (SSSR count). The number of carbonyl (C=O) groups is 1. The van der Waals surface area contributed by atoms with E-state index >= 15 is 0 Å². The lowest BCUT2D eigenvalue weighted by Gasteiger charge is -2.25. The van der Waals surface area contributed by atoms with E-state index in [4.69, 9.17) is 16.3 Å². The summed E-state index contributed by atoms with van der Waals surface area (Å²) in [6, 6.07) is 5.58. The summed E-state index contributed by atoms with van der Waals surface area (Å²) in [5.74, 6) is 0.550. The second-order valence-electron chi connectivity index (χ2n) is 4.30. The highest BCUT2D eigenvalue weighted by atomic mass is 35.5. The summed E-state index contributed by atoms with van der Waals surface area (Å²) in [6.07, 6.45) is -0.450. The number of anilines is 1. The molecule has 1 aromatic carbocycles. The summed E-state index contributed by atoms with van der Waals surface area (Å²) in [6.45, 7) is 1.72. The first kappa shape index (κ1) is 12.2. The van der Waals surface area contributed by atoms with E-state index in [1.165, 1.54) is 0 Å². The molecule has 0 saturated heterocycles. The summed E-state index contributed by atoms with van der Waals surface area (Å²) < 4.78 is 5.47. The molecular weight excluding hydrogens is 240 g/mol. The van der Waals surface area contributed by atoms with Crippen LogP contribution in [0.3, 0.4) is 0 Å². The molecule has 1 amide bonds. The molecule has 2 unspecified atom stereocenters. The highest BCUT2D eigenvalue weighted by molar-refractivity contribution is 6.20. The second kappa shape index (κ2) is 4.55. The molecule has 0 saturated carbocycles. The predicted molar refractivity (Wildman–Crippen MR) is 67.4 cm³/mol. The van der Waals surface area contributed by atoms with Crippen LogP contribution in [0.25, 0.3) is 0 Å². The van der Waals surface area contributed by atoms with Crippen LogP contribution in [0.1, 0.15) is 18.0 Å². The van der Waals surface area contributed by atoms with E-state index < -0.39 is 6.10 Å². The fourth-order valence-corrected chi connectivity index (χ4v) is 1.81. The number of nitrogens with zero attached hydrogens (tertiary/aromatic N) is 1. The molecule has 2 atom stereocenters. The van der Waals surface area contributed by atoms with Crippen molar-refractivity contribution in [1.29, 1.82) is 0 Å². The van der Waals surface area contributed by atoms with Crippen LogP contribution in [0, 0.1) is 0 Å². The number of alkyl halides is 1. The maximum absolute atomic E-state index is 11.5. The lowest BCUT2D eigenvalue weighted by Crippen LogP contribution is -2.34. The lowest BCUT2D eigenvalue weighted by atomic mass is 10.1. The zero-order valence-corrected chi connectivity index (χ0v) is 10.8. The van der Waals surface area contributed by atoms with E-state index in [-0.39, 0.29) is 11.4 Å². The smallest absolute Gasteiger partial charge is 0.265 e. The van der Waals surface area contributed by atoms with Crippen molar-refractivity contribution in [2.24, 2.45) is 0 Å². The van der Waals surface area contributed by atoms with E-state index in [1.54, 1.807) is 6.92 Å². The van der Waals surface area contributed by atoms with Crippen LogP contribution in [0.4, 0.5) is 5.69 Å². The summed E-state index contributed by atoms with van der Waals surface area (Å²) in [7, 11) is 3.79. The Labute approximate surface area is 106 Å². The van der Waals surface area contributed by atoms with Crippen LogP contribution < -0.4 is 10.1 Å². The zero-order valence-electron chi connectivity index (χ0n) is 10.0. The molecule has 0 aromatic heterocycles. The molecule has 1 aliphatic rings. The van der Waals surface area contributed by atoms with Crippen LogP contribution in [-0.4, -0.2) is 31.0 Å². The third kappa shape index (κ3) is 2.37. The van der Waals surface area contributed by atoms with Crippen molar-refractivity contribution in [3.05, 3.63) is 23.8 Å². The molecule has 0 fully saturated rings. The van der Waals surface area contributed by atoms with Gasteiger partial charge in [-0.15, -0.1) is 11.6 Å². The number of hydrogen-bond acceptors (Lipinski definition) is 3. The Bertz CT molecular complexity index is 448. The van der Waals surface area contributed by atoms with Gasteiger partial charge in [-0.2, -0.15) is 0 Å². The Kier molecular flexibility index (Phi) is 3.26. The topological polar surface area (TPSA) is 41.6 Å². The van der Waals surface area contributed by atoms with Crippen LogP contribution in [-0.2, 0) is 4.79 Å². The Morgan fingerprint density at radius 2 is 2.18 bits per heavy atom. The largest absolute Gasteiger partial charge is 0.479 e. The molecule has 0 aliphatic carbocycles. The fourth-order valence-electron chi connectivity index (χ4n) is 1.67. The molecule has 1 N–H and O–H groups in total. The molecule has 0 radical (unpaired) electrons.